The number of hydrogen-bond donors (Lipinski definition) is 0. The summed E-state index contributed by atoms with van der Waals surface area (Å²) in [5.74, 6) is -0.142. The van der Waals surface area contributed by atoms with Gasteiger partial charge in [-0.2, -0.15) is 8.75 Å². The summed E-state index contributed by atoms with van der Waals surface area (Å²) in [6.45, 7) is 3.80. The van der Waals surface area contributed by atoms with Crippen LogP contribution in [0.1, 0.15) is 21.7 Å². The normalized spacial score (nSPS) is 11.2. The first-order valence-corrected chi connectivity index (χ1v) is 7.88. The molecule has 0 atom stereocenters. The Bertz CT molecular complexity index is 853. The highest BCUT2D eigenvalue weighted by atomic mass is 35.5. The number of ketones is 1. The number of benzene rings is 1. The quantitative estimate of drug-likeness (QED) is 0.531. The maximum atomic E-state index is 11.9. The number of carbonyl (C=O) groups is 1. The predicted octanol–water partition coefficient (Wildman–Crippen LogP) is 4.17. The molecule has 0 bridgehead atoms. The van der Waals surface area contributed by atoms with Crippen LogP contribution in [-0.2, 0) is 0 Å². The molecule has 7 heteroatoms. The molecule has 4 nitrogen and oxygen atoms in total. The van der Waals surface area contributed by atoms with Crippen molar-refractivity contribution in [3.63, 3.8) is 0 Å². The van der Waals surface area contributed by atoms with Crippen LogP contribution in [0.2, 0.25) is 5.02 Å². The number of nitrogens with zero attached hydrogens (tertiary/aromatic N) is 3. The molecule has 1 aromatic carbocycles. The van der Waals surface area contributed by atoms with Gasteiger partial charge in [0.25, 0.3) is 0 Å². The summed E-state index contributed by atoms with van der Waals surface area (Å²) in [6, 6.07) is 5.46. The second-order valence-electron chi connectivity index (χ2n) is 4.70. The zero-order valence-electron chi connectivity index (χ0n) is 11.4. The van der Waals surface area contributed by atoms with Crippen molar-refractivity contribution in [3.05, 3.63) is 40.2 Å². The molecular weight excluding hydrogens is 329 g/mol. The zero-order valence-corrected chi connectivity index (χ0v) is 13.7. The van der Waals surface area contributed by atoms with E-state index in [1.54, 1.807) is 6.07 Å². The summed E-state index contributed by atoms with van der Waals surface area (Å²) in [4.78, 5) is 11.9. The largest absolute Gasteiger partial charge is 0.314 e. The molecule has 0 spiro atoms. The van der Waals surface area contributed by atoms with Gasteiger partial charge in [-0.05, 0) is 32.0 Å². The van der Waals surface area contributed by atoms with Crippen LogP contribution in [0, 0.1) is 13.8 Å². The van der Waals surface area contributed by atoms with Gasteiger partial charge in [0.15, 0.2) is 5.78 Å². The molecule has 21 heavy (non-hydrogen) atoms. The van der Waals surface area contributed by atoms with Crippen LogP contribution in [0.15, 0.2) is 18.2 Å². The number of halogens is 2. The SMILES string of the molecule is Cc1cc(C(=O)CCl)c(C)n1-c1c(Cl)ccc2nsnc12. The average Bonchev–Trinajstić information content (AvgIpc) is 3.04. The molecule has 2 aromatic heterocycles. The van der Waals surface area contributed by atoms with Crippen molar-refractivity contribution >= 4 is 51.7 Å². The molecule has 0 saturated heterocycles. The van der Waals surface area contributed by atoms with Gasteiger partial charge in [-0.25, -0.2) is 0 Å². The van der Waals surface area contributed by atoms with Crippen LogP contribution < -0.4 is 0 Å². The Morgan fingerprint density at radius 1 is 1.33 bits per heavy atom. The maximum absolute atomic E-state index is 11.9. The van der Waals surface area contributed by atoms with Crippen molar-refractivity contribution in [2.75, 3.05) is 5.88 Å². The number of carbonyl (C=O) groups excluding carboxylic acids is 1. The van der Waals surface area contributed by atoms with Gasteiger partial charge in [-0.1, -0.05) is 11.6 Å². The summed E-state index contributed by atoms with van der Waals surface area (Å²) in [6.07, 6.45) is 0. The first kappa shape index (κ1) is 14.5. The Kier molecular flexibility index (Phi) is 3.73. The predicted molar refractivity (Wildman–Crippen MR) is 86.3 cm³/mol. The minimum atomic E-state index is -0.101. The number of fused-ring (bicyclic) bond motifs is 1. The van der Waals surface area contributed by atoms with Crippen molar-refractivity contribution in [3.8, 4) is 5.69 Å². The van der Waals surface area contributed by atoms with Gasteiger partial charge in [-0.15, -0.1) is 11.6 Å². The minimum Gasteiger partial charge on any atom is -0.314 e. The van der Waals surface area contributed by atoms with Gasteiger partial charge >= 0.3 is 0 Å². The molecule has 0 amide bonds. The van der Waals surface area contributed by atoms with Crippen molar-refractivity contribution in [2.45, 2.75) is 13.8 Å². The van der Waals surface area contributed by atoms with E-state index in [0.29, 0.717) is 10.6 Å². The highest BCUT2D eigenvalue weighted by Crippen LogP contribution is 2.32. The summed E-state index contributed by atoms with van der Waals surface area (Å²) in [5.41, 5.74) is 4.60. The lowest BCUT2D eigenvalue weighted by Crippen LogP contribution is -2.05. The van der Waals surface area contributed by atoms with Crippen molar-refractivity contribution in [2.24, 2.45) is 0 Å². The molecule has 2 heterocycles. The third-order valence-electron chi connectivity index (χ3n) is 3.43. The molecule has 0 aliphatic heterocycles. The van der Waals surface area contributed by atoms with Crippen molar-refractivity contribution in [1.29, 1.82) is 0 Å². The Hall–Kier alpha value is -1.43. The Morgan fingerprint density at radius 2 is 2.10 bits per heavy atom. The molecule has 0 aliphatic rings. The van der Waals surface area contributed by atoms with E-state index in [0.717, 1.165) is 39.8 Å². The summed E-state index contributed by atoms with van der Waals surface area (Å²) < 4.78 is 10.5. The Labute approximate surface area is 135 Å². The lowest BCUT2D eigenvalue weighted by Gasteiger charge is -2.12. The molecule has 0 aliphatic carbocycles. The second kappa shape index (κ2) is 5.40. The fraction of sp³-hybridized carbons (Fsp3) is 0.214. The zero-order chi connectivity index (χ0) is 15.1. The molecule has 3 aromatic rings. The molecule has 108 valence electrons. The van der Waals surface area contributed by atoms with E-state index in [9.17, 15) is 4.79 Å². The number of alkyl halides is 1. The summed E-state index contributed by atoms with van der Waals surface area (Å²) >= 11 is 13.2. The molecule has 3 rings (SSSR count). The number of aryl methyl sites for hydroxylation is 1. The first-order chi connectivity index (χ1) is 10.0. The van der Waals surface area contributed by atoms with Gasteiger partial charge in [0.05, 0.1) is 28.3 Å². The van der Waals surface area contributed by atoms with Crippen LogP contribution in [0.3, 0.4) is 0 Å². The van der Waals surface area contributed by atoms with Crippen LogP contribution >= 0.6 is 34.9 Å². The summed E-state index contributed by atoms with van der Waals surface area (Å²) in [5, 5.41) is 0.571. The Morgan fingerprint density at radius 3 is 2.81 bits per heavy atom. The lowest BCUT2D eigenvalue weighted by molar-refractivity contribution is 0.102. The Balaban J connectivity index is 2.33. The fourth-order valence-electron chi connectivity index (χ4n) is 2.49. The van der Waals surface area contributed by atoms with E-state index in [1.165, 1.54) is 0 Å². The molecule has 0 unspecified atom stereocenters. The smallest absolute Gasteiger partial charge is 0.179 e. The van der Waals surface area contributed by atoms with Crippen LogP contribution in [0.25, 0.3) is 16.7 Å². The second-order valence-corrected chi connectivity index (χ2v) is 5.91. The monoisotopic (exact) mass is 339 g/mol. The highest BCUT2D eigenvalue weighted by molar-refractivity contribution is 7.00. The average molecular weight is 340 g/mol. The van der Waals surface area contributed by atoms with Gasteiger partial charge < -0.3 is 4.57 Å². The van der Waals surface area contributed by atoms with Gasteiger partial charge in [0, 0.05) is 17.0 Å². The number of hydrogen-bond acceptors (Lipinski definition) is 4. The third kappa shape index (κ3) is 2.25. The fourth-order valence-corrected chi connectivity index (χ4v) is 3.41. The van der Waals surface area contributed by atoms with E-state index < -0.39 is 0 Å². The van der Waals surface area contributed by atoms with Crippen molar-refractivity contribution in [1.82, 2.24) is 13.3 Å². The topological polar surface area (TPSA) is 47.8 Å². The highest BCUT2D eigenvalue weighted by Gasteiger charge is 2.20. The van der Waals surface area contributed by atoms with E-state index in [2.05, 4.69) is 8.75 Å². The van der Waals surface area contributed by atoms with Crippen LogP contribution in [0.4, 0.5) is 0 Å². The number of aromatic nitrogens is 3. The van der Waals surface area contributed by atoms with Crippen LogP contribution in [0.5, 0.6) is 0 Å². The molecular formula is C14H11Cl2N3OS. The van der Waals surface area contributed by atoms with Gasteiger partial charge in [0.1, 0.15) is 11.0 Å². The van der Waals surface area contributed by atoms with E-state index in [1.807, 2.05) is 30.5 Å². The lowest BCUT2D eigenvalue weighted by atomic mass is 10.2. The number of Topliss-reactive ketones (excluding diaryl/α,β-unsaturated/α-hetero) is 1. The third-order valence-corrected chi connectivity index (χ3v) is 4.52. The van der Waals surface area contributed by atoms with Gasteiger partial charge in [-0.3, -0.25) is 4.79 Å². The molecule has 0 radical (unpaired) electrons. The molecule has 0 N–H and O–H groups in total. The van der Waals surface area contributed by atoms with Gasteiger partial charge in [0.2, 0.25) is 0 Å². The maximum Gasteiger partial charge on any atom is 0.179 e. The first-order valence-electron chi connectivity index (χ1n) is 6.24. The minimum absolute atomic E-state index is 0.0412. The van der Waals surface area contributed by atoms with E-state index >= 15 is 0 Å². The summed E-state index contributed by atoms with van der Waals surface area (Å²) in [7, 11) is 0. The molecule has 0 fully saturated rings. The number of rotatable bonds is 3. The van der Waals surface area contributed by atoms with Crippen LogP contribution in [-0.4, -0.2) is 25.0 Å². The van der Waals surface area contributed by atoms with E-state index in [4.69, 9.17) is 23.2 Å². The van der Waals surface area contributed by atoms with E-state index in [-0.39, 0.29) is 11.7 Å². The molecule has 0 saturated carbocycles. The standard InChI is InChI=1S/C14H11Cl2N3OS/c1-7-5-9(12(20)6-15)8(2)19(7)14-10(16)3-4-11-13(14)18-21-17-11/h3-5H,6H2,1-2H3. The van der Waals surface area contributed by atoms with Crippen molar-refractivity contribution < 1.29 is 4.79 Å².